The molecule has 0 unspecified atom stereocenters. The van der Waals surface area contributed by atoms with Crippen LogP contribution in [0.5, 0.6) is 0 Å². The highest BCUT2D eigenvalue weighted by Crippen LogP contribution is 2.19. The third-order valence-electron chi connectivity index (χ3n) is 7.13. The van der Waals surface area contributed by atoms with E-state index in [1.165, 1.54) is 133 Å². The molecule has 0 aliphatic rings. The van der Waals surface area contributed by atoms with E-state index in [2.05, 4.69) is 77.5 Å². The van der Waals surface area contributed by atoms with Crippen molar-refractivity contribution < 1.29 is 4.57 Å². The Labute approximate surface area is 222 Å². The van der Waals surface area contributed by atoms with Gasteiger partial charge in [-0.25, -0.2) is 9.13 Å². The van der Waals surface area contributed by atoms with Gasteiger partial charge < -0.3 is 0 Å². The fourth-order valence-corrected chi connectivity index (χ4v) is 5.88. The topological polar surface area (TPSA) is 8.81 Å². The van der Waals surface area contributed by atoms with Crippen molar-refractivity contribution in [1.82, 2.24) is 4.57 Å². The van der Waals surface area contributed by atoms with E-state index < -0.39 is 0 Å². The number of aryl methyl sites for hydroxylation is 1. The Bertz CT molecular complexity index is 724. The second kappa shape index (κ2) is 20.9. The number of hydrogen-bond donors (Lipinski definition) is 0. The standard InChI is InChI=1S/C32H55N2S/c1-3-5-7-9-10-11-12-13-14-15-16-17-18-23-29-35-30-34-28-27-33(26-22-8-6-4-2)32(34)31-24-20-19-21-25-31/h19-21,24-25,27-28H,3-18,22-23,26,29-30H2,1-2H3/q+1. The van der Waals surface area contributed by atoms with Crippen LogP contribution in [0.25, 0.3) is 11.4 Å². The first kappa shape index (κ1) is 30.0. The van der Waals surface area contributed by atoms with Gasteiger partial charge in [0.05, 0.1) is 12.1 Å². The Hall–Kier alpha value is -1.22. The lowest BCUT2D eigenvalue weighted by Gasteiger charge is -2.06. The monoisotopic (exact) mass is 499 g/mol. The quantitative estimate of drug-likeness (QED) is 0.109. The zero-order valence-electron chi connectivity index (χ0n) is 23.2. The van der Waals surface area contributed by atoms with Crippen LogP contribution in [0.2, 0.25) is 0 Å². The van der Waals surface area contributed by atoms with Crippen LogP contribution in [0.3, 0.4) is 0 Å². The lowest BCUT2D eigenvalue weighted by molar-refractivity contribution is -0.664. The van der Waals surface area contributed by atoms with E-state index in [-0.39, 0.29) is 0 Å². The molecule has 0 radical (unpaired) electrons. The minimum atomic E-state index is 1.06. The van der Waals surface area contributed by atoms with Crippen molar-refractivity contribution in [2.45, 2.75) is 142 Å². The fourth-order valence-electron chi connectivity index (χ4n) is 4.94. The van der Waals surface area contributed by atoms with Crippen LogP contribution < -0.4 is 4.57 Å². The summed E-state index contributed by atoms with van der Waals surface area (Å²) in [6.45, 7) is 5.71. The number of hydrogen-bond acceptors (Lipinski definition) is 1. The first-order chi connectivity index (χ1) is 17.4. The Morgan fingerprint density at radius 1 is 0.629 bits per heavy atom. The molecule has 198 valence electrons. The number of rotatable bonds is 23. The van der Waals surface area contributed by atoms with Crippen molar-refractivity contribution in [2.24, 2.45) is 0 Å². The maximum absolute atomic E-state index is 2.47. The number of aromatic nitrogens is 2. The largest absolute Gasteiger partial charge is 0.289 e. The second-order valence-corrected chi connectivity index (χ2v) is 11.4. The minimum absolute atomic E-state index is 1.06. The molecule has 1 aromatic carbocycles. The molecule has 0 amide bonds. The van der Waals surface area contributed by atoms with E-state index in [1.54, 1.807) is 0 Å². The summed E-state index contributed by atoms with van der Waals surface area (Å²) < 4.78 is 4.93. The molecule has 0 bridgehead atoms. The van der Waals surface area contributed by atoms with Crippen molar-refractivity contribution in [3.8, 4) is 11.4 Å². The molecule has 0 aliphatic heterocycles. The van der Waals surface area contributed by atoms with Gasteiger partial charge in [0.1, 0.15) is 18.3 Å². The van der Waals surface area contributed by atoms with Crippen LogP contribution in [0, 0.1) is 0 Å². The second-order valence-electron chi connectivity index (χ2n) is 10.3. The molecule has 1 heterocycles. The highest BCUT2D eigenvalue weighted by molar-refractivity contribution is 7.98. The average Bonchev–Trinajstić information content (AvgIpc) is 3.29. The smallest absolute Gasteiger partial charge is 0.230 e. The van der Waals surface area contributed by atoms with Gasteiger partial charge in [0.25, 0.3) is 5.82 Å². The molecule has 0 saturated carbocycles. The molecule has 0 fully saturated rings. The normalized spacial score (nSPS) is 11.4. The molecule has 2 rings (SSSR count). The Morgan fingerprint density at radius 3 is 1.71 bits per heavy atom. The van der Waals surface area contributed by atoms with Crippen LogP contribution in [0.15, 0.2) is 42.7 Å². The number of benzene rings is 1. The van der Waals surface area contributed by atoms with Gasteiger partial charge in [0.15, 0.2) is 0 Å². The number of unbranched alkanes of at least 4 members (excludes halogenated alkanes) is 16. The third kappa shape index (κ3) is 13.6. The molecule has 1 aromatic heterocycles. The van der Waals surface area contributed by atoms with Crippen molar-refractivity contribution in [1.29, 1.82) is 0 Å². The summed E-state index contributed by atoms with van der Waals surface area (Å²) in [5.41, 5.74) is 1.34. The molecule has 0 saturated heterocycles. The lowest BCUT2D eigenvalue weighted by atomic mass is 10.0. The van der Waals surface area contributed by atoms with Crippen LogP contribution >= 0.6 is 11.8 Å². The van der Waals surface area contributed by atoms with Crippen LogP contribution in [0.1, 0.15) is 129 Å². The summed E-state index contributed by atoms with van der Waals surface area (Å²) in [7, 11) is 0. The zero-order chi connectivity index (χ0) is 24.8. The maximum Gasteiger partial charge on any atom is 0.289 e. The summed E-state index contributed by atoms with van der Waals surface area (Å²) in [6, 6.07) is 11.0. The molecule has 2 aromatic rings. The van der Waals surface area contributed by atoms with E-state index in [9.17, 15) is 0 Å². The van der Waals surface area contributed by atoms with Crippen molar-refractivity contribution in [3.63, 3.8) is 0 Å². The van der Waals surface area contributed by atoms with Gasteiger partial charge in [0, 0.05) is 0 Å². The van der Waals surface area contributed by atoms with Crippen molar-refractivity contribution in [3.05, 3.63) is 42.7 Å². The first-order valence-corrected chi connectivity index (χ1v) is 16.2. The number of thioether (sulfide) groups is 1. The Morgan fingerprint density at radius 2 is 1.14 bits per heavy atom. The average molecular weight is 500 g/mol. The molecule has 0 atom stereocenters. The molecule has 35 heavy (non-hydrogen) atoms. The first-order valence-electron chi connectivity index (χ1n) is 15.1. The van der Waals surface area contributed by atoms with Gasteiger partial charge >= 0.3 is 0 Å². The summed E-state index contributed by atoms with van der Waals surface area (Å²) in [5.74, 6) is 3.71. The van der Waals surface area contributed by atoms with Gasteiger partial charge in [-0.15, -0.1) is 11.8 Å². The number of imidazole rings is 1. The molecule has 2 nitrogen and oxygen atoms in total. The van der Waals surface area contributed by atoms with Crippen molar-refractivity contribution in [2.75, 3.05) is 5.75 Å². The van der Waals surface area contributed by atoms with Gasteiger partial charge in [-0.2, -0.15) is 0 Å². The third-order valence-corrected chi connectivity index (χ3v) is 8.17. The molecule has 3 heteroatoms. The van der Waals surface area contributed by atoms with E-state index in [0.717, 1.165) is 12.4 Å². The maximum atomic E-state index is 2.47. The van der Waals surface area contributed by atoms with Crippen molar-refractivity contribution >= 4 is 11.8 Å². The lowest BCUT2D eigenvalue weighted by Crippen LogP contribution is -2.33. The van der Waals surface area contributed by atoms with E-state index in [1.807, 2.05) is 0 Å². The minimum Gasteiger partial charge on any atom is -0.230 e. The molecular weight excluding hydrogens is 444 g/mol. The highest BCUT2D eigenvalue weighted by atomic mass is 32.2. The molecule has 0 N–H and O–H groups in total. The van der Waals surface area contributed by atoms with Crippen LogP contribution in [0.4, 0.5) is 0 Å². The fraction of sp³-hybridized carbons (Fsp3) is 0.719. The summed E-state index contributed by atoms with van der Waals surface area (Å²) in [6.07, 6.45) is 29.9. The predicted molar refractivity (Wildman–Crippen MR) is 157 cm³/mol. The predicted octanol–water partition coefficient (Wildman–Crippen LogP) is 10.2. The Balaban J connectivity index is 1.55. The van der Waals surface area contributed by atoms with Crippen LogP contribution in [-0.4, -0.2) is 10.3 Å². The SMILES string of the molecule is CCCCCCCCCCCCCCCCSC[n+]1ccn(CCCCCC)c1-c1ccccc1. The summed E-state index contributed by atoms with van der Waals surface area (Å²) >= 11 is 2.09. The Kier molecular flexibility index (Phi) is 17.9. The van der Waals surface area contributed by atoms with Crippen LogP contribution in [-0.2, 0) is 12.4 Å². The molecular formula is C32H55N2S+. The van der Waals surface area contributed by atoms with Gasteiger partial charge in [0.2, 0.25) is 0 Å². The van der Waals surface area contributed by atoms with Gasteiger partial charge in [-0.1, -0.05) is 128 Å². The molecule has 0 spiro atoms. The van der Waals surface area contributed by atoms with E-state index in [4.69, 9.17) is 0 Å². The van der Waals surface area contributed by atoms with Gasteiger partial charge in [-0.3, -0.25) is 0 Å². The summed E-state index contributed by atoms with van der Waals surface area (Å²) in [5, 5.41) is 0. The summed E-state index contributed by atoms with van der Waals surface area (Å²) in [4.78, 5) is 0. The van der Waals surface area contributed by atoms with E-state index >= 15 is 0 Å². The zero-order valence-corrected chi connectivity index (χ0v) is 24.0. The van der Waals surface area contributed by atoms with E-state index in [0.29, 0.717) is 0 Å². The molecule has 0 aliphatic carbocycles. The number of nitrogens with zero attached hydrogens (tertiary/aromatic N) is 2. The van der Waals surface area contributed by atoms with Gasteiger partial charge in [-0.05, 0) is 37.1 Å². The highest BCUT2D eigenvalue weighted by Gasteiger charge is 2.18.